The average Bonchev–Trinajstić information content (AvgIpc) is 2.85. The molecule has 0 atom stereocenters. The predicted molar refractivity (Wildman–Crippen MR) is 89.5 cm³/mol. The second-order valence-corrected chi connectivity index (χ2v) is 10.1. The first-order valence-corrected chi connectivity index (χ1v) is 8.25. The number of rotatable bonds is 4. The molecule has 100 valence electrons. The molecule has 0 aromatic carbocycles. The minimum absolute atomic E-state index is 0.229. The van der Waals surface area contributed by atoms with Crippen molar-refractivity contribution in [3.63, 3.8) is 0 Å². The van der Waals surface area contributed by atoms with Gasteiger partial charge in [0.1, 0.15) is 5.84 Å². The lowest BCUT2D eigenvalue weighted by Crippen LogP contribution is -2.25. The maximum atomic E-state index is 4.49. The molecule has 1 N–H and O–H groups in total. The highest BCUT2D eigenvalue weighted by Crippen LogP contribution is 2.39. The lowest BCUT2D eigenvalue weighted by atomic mass is 9.83. The molecule has 1 aliphatic heterocycles. The van der Waals surface area contributed by atoms with E-state index in [9.17, 15) is 0 Å². The van der Waals surface area contributed by atoms with E-state index in [1.165, 1.54) is 16.2 Å². The second-order valence-electron chi connectivity index (χ2n) is 6.10. The zero-order valence-corrected chi connectivity index (χ0v) is 14.5. The van der Waals surface area contributed by atoms with Crippen LogP contribution in [-0.4, -0.2) is 22.3 Å². The van der Waals surface area contributed by atoms with Crippen molar-refractivity contribution in [3.05, 3.63) is 21.9 Å². The Labute approximate surface area is 127 Å². The fourth-order valence-corrected chi connectivity index (χ4v) is 4.57. The molecule has 0 radical (unpaired) electrons. The van der Waals surface area contributed by atoms with Gasteiger partial charge in [-0.25, -0.2) is 0 Å². The van der Waals surface area contributed by atoms with Gasteiger partial charge in [0.05, 0.1) is 11.4 Å². The van der Waals surface area contributed by atoms with Crippen molar-refractivity contribution in [3.8, 4) is 0 Å². The van der Waals surface area contributed by atoms with Gasteiger partial charge in [0.15, 0.2) is 0 Å². The molecule has 0 fully saturated rings. The largest absolute Gasteiger partial charge is 0.367 e. The Morgan fingerprint density at radius 1 is 1.33 bits per heavy atom. The number of aliphatic imine (C=N–C) groups is 1. The van der Waals surface area contributed by atoms with Gasteiger partial charge in [0.2, 0.25) is 0 Å². The van der Waals surface area contributed by atoms with E-state index in [-0.39, 0.29) is 5.41 Å². The van der Waals surface area contributed by atoms with E-state index in [2.05, 4.69) is 72.7 Å². The van der Waals surface area contributed by atoms with Gasteiger partial charge in [-0.05, 0) is 18.6 Å². The zero-order valence-electron chi connectivity index (χ0n) is 11.5. The molecule has 0 amide bonds. The van der Waals surface area contributed by atoms with Crippen molar-refractivity contribution in [2.45, 2.75) is 43.0 Å². The minimum Gasteiger partial charge on any atom is -0.367 e. The number of nitrogens with zero attached hydrogens (tertiary/aromatic N) is 1. The molecule has 0 saturated carbocycles. The average molecular weight is 376 g/mol. The fourth-order valence-electron chi connectivity index (χ4n) is 2.53. The normalized spacial score (nSPS) is 16.6. The van der Waals surface area contributed by atoms with Crippen LogP contribution in [0.4, 0.5) is 0 Å². The molecule has 18 heavy (non-hydrogen) atoms. The standard InChI is InChI=1S/C14H21IN2S/c1-13(2,9-14(3,4)15)11-6-5-10(18-11)12-16-7-8-17-12/h5-6H,7-9H2,1-4H3,(H,16,17). The quantitative estimate of drug-likeness (QED) is 0.624. The van der Waals surface area contributed by atoms with Crippen LogP contribution >= 0.6 is 33.9 Å². The van der Waals surface area contributed by atoms with Gasteiger partial charge >= 0.3 is 0 Å². The van der Waals surface area contributed by atoms with Gasteiger partial charge in [-0.1, -0.05) is 50.3 Å². The first kappa shape index (κ1) is 14.3. The smallest absolute Gasteiger partial charge is 0.138 e. The molecule has 1 aliphatic rings. The van der Waals surface area contributed by atoms with Crippen molar-refractivity contribution in [2.75, 3.05) is 13.1 Å². The number of alkyl halides is 1. The van der Waals surface area contributed by atoms with Crippen molar-refractivity contribution < 1.29 is 0 Å². The highest BCUT2D eigenvalue weighted by Gasteiger charge is 2.30. The first-order chi connectivity index (χ1) is 8.28. The van der Waals surface area contributed by atoms with E-state index >= 15 is 0 Å². The van der Waals surface area contributed by atoms with Crippen LogP contribution in [-0.2, 0) is 5.41 Å². The minimum atomic E-state index is 0.229. The van der Waals surface area contributed by atoms with E-state index < -0.39 is 0 Å². The summed E-state index contributed by atoms with van der Waals surface area (Å²) in [7, 11) is 0. The SMILES string of the molecule is CC(C)(I)CC(C)(C)c1ccc(C2=NCCN2)s1. The van der Waals surface area contributed by atoms with Crippen LogP contribution in [0, 0.1) is 0 Å². The summed E-state index contributed by atoms with van der Waals surface area (Å²) in [5, 5.41) is 3.34. The maximum absolute atomic E-state index is 4.49. The summed E-state index contributed by atoms with van der Waals surface area (Å²) in [6.45, 7) is 11.2. The molecular formula is C14H21IN2S. The van der Waals surface area contributed by atoms with Gasteiger partial charge in [0.25, 0.3) is 0 Å². The van der Waals surface area contributed by atoms with Gasteiger partial charge in [-0.3, -0.25) is 4.99 Å². The van der Waals surface area contributed by atoms with Crippen molar-refractivity contribution >= 4 is 39.8 Å². The number of hydrogen-bond donors (Lipinski definition) is 1. The zero-order chi connectivity index (χ0) is 13.4. The molecule has 0 spiro atoms. The Hall–Kier alpha value is -0.100. The summed E-state index contributed by atoms with van der Waals surface area (Å²) in [6, 6.07) is 4.48. The highest BCUT2D eigenvalue weighted by atomic mass is 127. The summed E-state index contributed by atoms with van der Waals surface area (Å²) >= 11 is 4.42. The van der Waals surface area contributed by atoms with Crippen LogP contribution in [0.15, 0.2) is 17.1 Å². The highest BCUT2D eigenvalue weighted by molar-refractivity contribution is 14.1. The Balaban J connectivity index is 2.18. The van der Waals surface area contributed by atoms with Gasteiger partial charge < -0.3 is 5.32 Å². The molecule has 4 heteroatoms. The van der Waals surface area contributed by atoms with E-state index in [0.717, 1.165) is 18.9 Å². The summed E-state index contributed by atoms with van der Waals surface area (Å²) in [5.41, 5.74) is 0.229. The van der Waals surface area contributed by atoms with Crippen LogP contribution in [0.3, 0.4) is 0 Å². The molecular weight excluding hydrogens is 355 g/mol. The van der Waals surface area contributed by atoms with E-state index in [1.54, 1.807) is 0 Å². The van der Waals surface area contributed by atoms with Crippen LogP contribution in [0.1, 0.15) is 43.9 Å². The first-order valence-electron chi connectivity index (χ1n) is 6.36. The number of amidine groups is 1. The van der Waals surface area contributed by atoms with Gasteiger partial charge in [-0.15, -0.1) is 11.3 Å². The van der Waals surface area contributed by atoms with Crippen LogP contribution in [0.2, 0.25) is 0 Å². The Morgan fingerprint density at radius 3 is 2.61 bits per heavy atom. The van der Waals surface area contributed by atoms with Crippen LogP contribution in [0.25, 0.3) is 0 Å². The molecule has 1 aromatic rings. The summed E-state index contributed by atoms with van der Waals surface area (Å²) in [6.07, 6.45) is 1.18. The molecule has 0 unspecified atom stereocenters. The fraction of sp³-hybridized carbons (Fsp3) is 0.643. The predicted octanol–water partition coefficient (Wildman–Crippen LogP) is 3.98. The van der Waals surface area contributed by atoms with Crippen molar-refractivity contribution in [1.82, 2.24) is 5.32 Å². The summed E-state index contributed by atoms with van der Waals surface area (Å²) in [4.78, 5) is 7.23. The maximum Gasteiger partial charge on any atom is 0.138 e. The topological polar surface area (TPSA) is 24.4 Å². The number of halogens is 1. The second kappa shape index (κ2) is 5.12. The van der Waals surface area contributed by atoms with E-state index in [4.69, 9.17) is 0 Å². The molecule has 0 saturated heterocycles. The molecule has 0 bridgehead atoms. The van der Waals surface area contributed by atoms with E-state index in [0.29, 0.717) is 3.42 Å². The Kier molecular flexibility index (Phi) is 4.07. The Bertz CT molecular complexity index is 455. The third-order valence-electron chi connectivity index (χ3n) is 3.04. The van der Waals surface area contributed by atoms with E-state index in [1.807, 2.05) is 11.3 Å². The number of thiophene rings is 1. The third-order valence-corrected chi connectivity index (χ3v) is 4.88. The monoisotopic (exact) mass is 376 g/mol. The summed E-state index contributed by atoms with van der Waals surface area (Å²) < 4.78 is 0.328. The number of hydrogen-bond acceptors (Lipinski definition) is 3. The van der Waals surface area contributed by atoms with Crippen LogP contribution < -0.4 is 5.32 Å². The molecule has 1 aromatic heterocycles. The Morgan fingerprint density at radius 2 is 2.06 bits per heavy atom. The van der Waals surface area contributed by atoms with Crippen LogP contribution in [0.5, 0.6) is 0 Å². The lowest BCUT2D eigenvalue weighted by molar-refractivity contribution is 0.443. The van der Waals surface area contributed by atoms with Gasteiger partial charge in [-0.2, -0.15) is 0 Å². The number of nitrogens with one attached hydrogen (secondary N) is 1. The molecule has 2 heterocycles. The summed E-state index contributed by atoms with van der Waals surface area (Å²) in [5.74, 6) is 1.08. The van der Waals surface area contributed by atoms with Crippen molar-refractivity contribution in [1.29, 1.82) is 0 Å². The van der Waals surface area contributed by atoms with Gasteiger partial charge in [0, 0.05) is 20.3 Å². The van der Waals surface area contributed by atoms with Crippen molar-refractivity contribution in [2.24, 2.45) is 4.99 Å². The molecule has 0 aliphatic carbocycles. The molecule has 2 nitrogen and oxygen atoms in total. The third kappa shape index (κ3) is 3.47. The lowest BCUT2D eigenvalue weighted by Gasteiger charge is -2.30. The molecule has 2 rings (SSSR count).